The van der Waals surface area contributed by atoms with Crippen molar-refractivity contribution in [2.24, 2.45) is 0 Å². The quantitative estimate of drug-likeness (QED) is 0.809. The highest BCUT2D eigenvalue weighted by molar-refractivity contribution is 9.11. The lowest BCUT2D eigenvalue weighted by molar-refractivity contribution is 0.919. The molecule has 1 rings (SSSR count). The molecule has 68 valence electrons. The summed E-state index contributed by atoms with van der Waals surface area (Å²) in [5.74, 6) is 0. The third-order valence-electron chi connectivity index (χ3n) is 1.75. The van der Waals surface area contributed by atoms with E-state index in [0.29, 0.717) is 5.56 Å². The molecule has 0 amide bonds. The second kappa shape index (κ2) is 4.78. The van der Waals surface area contributed by atoms with Crippen molar-refractivity contribution in [1.29, 1.82) is 5.26 Å². The third kappa shape index (κ3) is 2.55. The smallest absolute Gasteiger partial charge is 0.102 e. The highest BCUT2D eigenvalue weighted by Crippen LogP contribution is 2.26. The average Bonchev–Trinajstić information content (AvgIpc) is 2.04. The summed E-state index contributed by atoms with van der Waals surface area (Å²) < 4.78 is 1.74. The van der Waals surface area contributed by atoms with E-state index in [4.69, 9.17) is 5.26 Å². The van der Waals surface area contributed by atoms with Crippen LogP contribution in [0, 0.1) is 11.3 Å². The first kappa shape index (κ1) is 10.7. The SMILES string of the molecule is CCCc1cc(Br)c(C#N)c(Br)c1. The van der Waals surface area contributed by atoms with E-state index in [1.807, 2.05) is 12.1 Å². The summed E-state index contributed by atoms with van der Waals surface area (Å²) in [7, 11) is 0. The molecule has 0 saturated heterocycles. The minimum absolute atomic E-state index is 0.667. The maximum Gasteiger partial charge on any atom is 0.102 e. The first-order valence-electron chi connectivity index (χ1n) is 4.07. The second-order valence-corrected chi connectivity index (χ2v) is 4.50. The van der Waals surface area contributed by atoms with E-state index in [1.165, 1.54) is 5.56 Å². The Kier molecular flexibility index (Phi) is 3.95. The molecule has 13 heavy (non-hydrogen) atoms. The van der Waals surface area contributed by atoms with Gasteiger partial charge in [-0.3, -0.25) is 0 Å². The number of nitriles is 1. The number of hydrogen-bond acceptors (Lipinski definition) is 1. The Morgan fingerprint density at radius 3 is 2.23 bits per heavy atom. The van der Waals surface area contributed by atoms with Gasteiger partial charge in [-0.25, -0.2) is 0 Å². The van der Waals surface area contributed by atoms with Crippen molar-refractivity contribution < 1.29 is 0 Å². The van der Waals surface area contributed by atoms with Gasteiger partial charge in [0.25, 0.3) is 0 Å². The van der Waals surface area contributed by atoms with Gasteiger partial charge in [0.15, 0.2) is 0 Å². The summed E-state index contributed by atoms with van der Waals surface area (Å²) in [4.78, 5) is 0. The molecule has 0 aliphatic carbocycles. The van der Waals surface area contributed by atoms with E-state index in [2.05, 4.69) is 44.9 Å². The Bertz CT molecular complexity index is 329. The van der Waals surface area contributed by atoms with Crippen molar-refractivity contribution in [3.63, 3.8) is 0 Å². The van der Waals surface area contributed by atoms with Crippen molar-refractivity contribution in [1.82, 2.24) is 0 Å². The summed E-state index contributed by atoms with van der Waals surface area (Å²) in [5.41, 5.74) is 1.92. The Morgan fingerprint density at radius 1 is 1.31 bits per heavy atom. The first-order valence-corrected chi connectivity index (χ1v) is 5.65. The van der Waals surface area contributed by atoms with Crippen LogP contribution in [0.25, 0.3) is 0 Å². The first-order chi connectivity index (χ1) is 6.19. The van der Waals surface area contributed by atoms with E-state index < -0.39 is 0 Å². The van der Waals surface area contributed by atoms with Crippen LogP contribution >= 0.6 is 31.9 Å². The number of rotatable bonds is 2. The second-order valence-electron chi connectivity index (χ2n) is 2.80. The summed E-state index contributed by atoms with van der Waals surface area (Å²) in [6.45, 7) is 2.14. The Balaban J connectivity index is 3.14. The minimum Gasteiger partial charge on any atom is -0.192 e. The maximum absolute atomic E-state index is 8.81. The van der Waals surface area contributed by atoms with Crippen LogP contribution in [0.15, 0.2) is 21.1 Å². The van der Waals surface area contributed by atoms with Gasteiger partial charge >= 0.3 is 0 Å². The average molecular weight is 303 g/mol. The molecule has 0 N–H and O–H groups in total. The topological polar surface area (TPSA) is 23.8 Å². The fraction of sp³-hybridized carbons (Fsp3) is 0.300. The van der Waals surface area contributed by atoms with Gasteiger partial charge in [-0.1, -0.05) is 13.3 Å². The molecule has 0 unspecified atom stereocenters. The van der Waals surface area contributed by atoms with Gasteiger partial charge in [-0.15, -0.1) is 0 Å². The van der Waals surface area contributed by atoms with Gasteiger partial charge in [0, 0.05) is 8.95 Å². The van der Waals surface area contributed by atoms with Crippen molar-refractivity contribution in [2.75, 3.05) is 0 Å². The van der Waals surface area contributed by atoms with Gasteiger partial charge in [-0.05, 0) is 56.0 Å². The van der Waals surface area contributed by atoms with Crippen LogP contribution in [-0.2, 0) is 6.42 Å². The molecule has 0 spiro atoms. The molecule has 0 aromatic heterocycles. The van der Waals surface area contributed by atoms with E-state index in [0.717, 1.165) is 21.8 Å². The van der Waals surface area contributed by atoms with Crippen molar-refractivity contribution in [3.05, 3.63) is 32.2 Å². The van der Waals surface area contributed by atoms with Crippen LogP contribution in [-0.4, -0.2) is 0 Å². The van der Waals surface area contributed by atoms with Crippen molar-refractivity contribution >= 4 is 31.9 Å². The van der Waals surface area contributed by atoms with E-state index in [9.17, 15) is 0 Å². The van der Waals surface area contributed by atoms with E-state index in [-0.39, 0.29) is 0 Å². The number of halogens is 2. The highest BCUT2D eigenvalue weighted by Gasteiger charge is 2.05. The standard InChI is InChI=1S/C10H9Br2N/c1-2-3-7-4-9(11)8(6-13)10(12)5-7/h4-5H,2-3H2,1H3. The third-order valence-corrected chi connectivity index (χ3v) is 3.00. The molecule has 0 heterocycles. The number of benzene rings is 1. The Morgan fingerprint density at radius 2 is 1.85 bits per heavy atom. The van der Waals surface area contributed by atoms with Crippen LogP contribution in [0.2, 0.25) is 0 Å². The fourth-order valence-corrected chi connectivity index (χ4v) is 2.62. The minimum atomic E-state index is 0.667. The van der Waals surface area contributed by atoms with Gasteiger partial charge < -0.3 is 0 Å². The van der Waals surface area contributed by atoms with Crippen LogP contribution in [0.1, 0.15) is 24.5 Å². The summed E-state index contributed by atoms with van der Waals surface area (Å²) in [5, 5.41) is 8.81. The van der Waals surface area contributed by atoms with Crippen LogP contribution in [0.5, 0.6) is 0 Å². The van der Waals surface area contributed by atoms with Crippen molar-refractivity contribution in [3.8, 4) is 6.07 Å². The zero-order valence-corrected chi connectivity index (χ0v) is 10.4. The van der Waals surface area contributed by atoms with Gasteiger partial charge in [0.05, 0.1) is 5.56 Å². The predicted octanol–water partition coefficient (Wildman–Crippen LogP) is 4.04. The zero-order chi connectivity index (χ0) is 9.84. The lowest BCUT2D eigenvalue weighted by Gasteiger charge is -2.03. The molecule has 0 bridgehead atoms. The van der Waals surface area contributed by atoms with Gasteiger partial charge in [0.1, 0.15) is 6.07 Å². The molecule has 0 atom stereocenters. The number of nitrogens with zero attached hydrogens (tertiary/aromatic N) is 1. The molecule has 0 aliphatic rings. The highest BCUT2D eigenvalue weighted by atomic mass is 79.9. The summed E-state index contributed by atoms with van der Waals surface area (Å²) in [6, 6.07) is 6.15. The molecule has 0 radical (unpaired) electrons. The molecule has 1 aromatic carbocycles. The molecular formula is C10H9Br2N. The van der Waals surface area contributed by atoms with E-state index in [1.54, 1.807) is 0 Å². The lowest BCUT2D eigenvalue weighted by Crippen LogP contribution is -1.87. The molecule has 0 fully saturated rings. The summed E-state index contributed by atoms with van der Waals surface area (Å²) >= 11 is 6.75. The van der Waals surface area contributed by atoms with Crippen LogP contribution in [0.3, 0.4) is 0 Å². The number of aryl methyl sites for hydroxylation is 1. The van der Waals surface area contributed by atoms with Crippen LogP contribution < -0.4 is 0 Å². The molecule has 0 saturated carbocycles. The Labute approximate surface area is 95.0 Å². The number of hydrogen-bond donors (Lipinski definition) is 0. The van der Waals surface area contributed by atoms with Crippen LogP contribution in [0.4, 0.5) is 0 Å². The molecule has 0 aliphatic heterocycles. The fourth-order valence-electron chi connectivity index (χ4n) is 1.17. The summed E-state index contributed by atoms with van der Waals surface area (Å²) in [6.07, 6.45) is 2.16. The monoisotopic (exact) mass is 301 g/mol. The van der Waals surface area contributed by atoms with Crippen molar-refractivity contribution in [2.45, 2.75) is 19.8 Å². The molecule has 1 aromatic rings. The predicted molar refractivity (Wildman–Crippen MR) is 60.6 cm³/mol. The lowest BCUT2D eigenvalue weighted by atomic mass is 10.1. The van der Waals surface area contributed by atoms with Gasteiger partial charge in [-0.2, -0.15) is 5.26 Å². The molecule has 3 heteroatoms. The normalized spacial score (nSPS) is 9.69. The van der Waals surface area contributed by atoms with E-state index >= 15 is 0 Å². The van der Waals surface area contributed by atoms with Gasteiger partial charge in [0.2, 0.25) is 0 Å². The largest absolute Gasteiger partial charge is 0.192 e. The zero-order valence-electron chi connectivity index (χ0n) is 7.27. The molecular weight excluding hydrogens is 294 g/mol. The Hall–Kier alpha value is -0.330. The maximum atomic E-state index is 8.81. The molecule has 1 nitrogen and oxygen atoms in total.